The molecule has 0 spiro atoms. The zero-order valence-electron chi connectivity index (χ0n) is 11.8. The molecular weight excluding hydrogens is 224 g/mol. The van der Waals surface area contributed by atoms with Crippen molar-refractivity contribution in [3.8, 4) is 5.75 Å². The highest BCUT2D eigenvalue weighted by Gasteiger charge is 2.01. The zero-order chi connectivity index (χ0) is 13.4. The minimum Gasteiger partial charge on any atom is -0.497 e. The first kappa shape index (κ1) is 14.8. The van der Waals surface area contributed by atoms with Crippen LogP contribution in [0.5, 0.6) is 5.75 Å². The van der Waals surface area contributed by atoms with Crippen LogP contribution in [0, 0.1) is 5.92 Å². The highest BCUT2D eigenvalue weighted by Crippen LogP contribution is 2.19. The molecule has 0 aliphatic heterocycles. The van der Waals surface area contributed by atoms with Crippen molar-refractivity contribution in [3.05, 3.63) is 23.8 Å². The molecule has 0 unspecified atom stereocenters. The summed E-state index contributed by atoms with van der Waals surface area (Å²) in [6, 6.07) is 5.78. The molecule has 0 bridgehead atoms. The van der Waals surface area contributed by atoms with Gasteiger partial charge in [-0.15, -0.1) is 0 Å². The number of ether oxygens (including phenoxy) is 1. The third-order valence-electron chi connectivity index (χ3n) is 3.05. The monoisotopic (exact) mass is 250 g/mol. The van der Waals surface area contributed by atoms with Crippen LogP contribution < -0.4 is 15.8 Å². The number of nitrogens with one attached hydrogen (secondary N) is 1. The first-order valence-corrected chi connectivity index (χ1v) is 6.76. The Kier molecular flexibility index (Phi) is 6.58. The van der Waals surface area contributed by atoms with E-state index in [2.05, 4.69) is 19.2 Å². The summed E-state index contributed by atoms with van der Waals surface area (Å²) in [6.07, 6.45) is 3.82. The molecule has 18 heavy (non-hydrogen) atoms. The lowest BCUT2D eigenvalue weighted by Crippen LogP contribution is -2.16. The van der Waals surface area contributed by atoms with Gasteiger partial charge in [0.2, 0.25) is 0 Å². The molecule has 1 aromatic carbocycles. The molecule has 0 heterocycles. The lowest BCUT2D eigenvalue weighted by atomic mass is 10.1. The molecule has 3 nitrogen and oxygen atoms in total. The number of nitrogen functional groups attached to an aromatic ring is 1. The Balaban J connectivity index is 2.26. The Labute approximate surface area is 111 Å². The summed E-state index contributed by atoms with van der Waals surface area (Å²) in [7, 11) is 1.68. The highest BCUT2D eigenvalue weighted by atomic mass is 16.5. The van der Waals surface area contributed by atoms with E-state index in [-0.39, 0.29) is 0 Å². The van der Waals surface area contributed by atoms with Crippen LogP contribution in [0.2, 0.25) is 0 Å². The lowest BCUT2D eigenvalue weighted by Gasteiger charge is -2.10. The molecule has 0 aliphatic carbocycles. The van der Waals surface area contributed by atoms with E-state index in [9.17, 15) is 0 Å². The van der Waals surface area contributed by atoms with E-state index >= 15 is 0 Å². The van der Waals surface area contributed by atoms with Crippen LogP contribution in [-0.4, -0.2) is 13.7 Å². The van der Waals surface area contributed by atoms with E-state index in [1.807, 2.05) is 18.2 Å². The first-order chi connectivity index (χ1) is 8.63. The average molecular weight is 250 g/mol. The van der Waals surface area contributed by atoms with Gasteiger partial charge in [-0.25, -0.2) is 0 Å². The van der Waals surface area contributed by atoms with Gasteiger partial charge in [-0.1, -0.05) is 26.7 Å². The number of anilines is 1. The van der Waals surface area contributed by atoms with Gasteiger partial charge in [0.25, 0.3) is 0 Å². The molecule has 0 fully saturated rings. The molecule has 0 amide bonds. The summed E-state index contributed by atoms with van der Waals surface area (Å²) < 4.78 is 5.20. The molecule has 0 saturated carbocycles. The second kappa shape index (κ2) is 7.98. The smallest absolute Gasteiger partial charge is 0.119 e. The maximum absolute atomic E-state index is 5.93. The largest absolute Gasteiger partial charge is 0.497 e. The Morgan fingerprint density at radius 2 is 2.06 bits per heavy atom. The highest BCUT2D eigenvalue weighted by molar-refractivity contribution is 5.50. The molecule has 3 heteroatoms. The van der Waals surface area contributed by atoms with Crippen molar-refractivity contribution in [2.75, 3.05) is 19.4 Å². The number of nitrogens with two attached hydrogens (primary N) is 1. The van der Waals surface area contributed by atoms with Crippen LogP contribution in [0.3, 0.4) is 0 Å². The van der Waals surface area contributed by atoms with Gasteiger partial charge in [0, 0.05) is 12.2 Å². The number of hydrogen-bond donors (Lipinski definition) is 2. The third-order valence-corrected chi connectivity index (χ3v) is 3.05. The van der Waals surface area contributed by atoms with Crippen molar-refractivity contribution in [1.82, 2.24) is 5.32 Å². The van der Waals surface area contributed by atoms with Crippen molar-refractivity contribution >= 4 is 5.69 Å². The minimum absolute atomic E-state index is 0.805. The fourth-order valence-electron chi connectivity index (χ4n) is 1.89. The molecule has 1 rings (SSSR count). The number of unbranched alkanes of at least 4 members (excludes halogenated alkanes) is 1. The summed E-state index contributed by atoms with van der Waals surface area (Å²) in [5.41, 5.74) is 7.86. The van der Waals surface area contributed by atoms with E-state index in [0.717, 1.165) is 36.0 Å². The Morgan fingerprint density at radius 1 is 1.28 bits per heavy atom. The number of methoxy groups -OCH3 is 1. The molecular formula is C15H26N2O. The van der Waals surface area contributed by atoms with Gasteiger partial charge in [-0.3, -0.25) is 0 Å². The quantitative estimate of drug-likeness (QED) is 0.550. The van der Waals surface area contributed by atoms with Crippen LogP contribution >= 0.6 is 0 Å². The normalized spacial score (nSPS) is 10.9. The maximum Gasteiger partial charge on any atom is 0.119 e. The SMILES string of the molecule is COc1ccc(N)c(CNCCCCC(C)C)c1. The van der Waals surface area contributed by atoms with Crippen LogP contribution in [0.25, 0.3) is 0 Å². The lowest BCUT2D eigenvalue weighted by molar-refractivity contribution is 0.414. The predicted molar refractivity (Wildman–Crippen MR) is 77.8 cm³/mol. The number of benzene rings is 1. The van der Waals surface area contributed by atoms with Gasteiger partial charge in [0.05, 0.1) is 7.11 Å². The summed E-state index contributed by atoms with van der Waals surface area (Å²) in [5.74, 6) is 1.67. The standard InChI is InChI=1S/C15H26N2O/c1-12(2)6-4-5-9-17-11-13-10-14(18-3)7-8-15(13)16/h7-8,10,12,17H,4-6,9,11,16H2,1-3H3. The molecule has 3 N–H and O–H groups in total. The molecule has 0 aliphatic rings. The van der Waals surface area contributed by atoms with E-state index < -0.39 is 0 Å². The van der Waals surface area contributed by atoms with E-state index in [4.69, 9.17) is 10.5 Å². The van der Waals surface area contributed by atoms with E-state index in [1.165, 1.54) is 19.3 Å². The van der Waals surface area contributed by atoms with Crippen molar-refractivity contribution in [2.24, 2.45) is 5.92 Å². The van der Waals surface area contributed by atoms with Gasteiger partial charge < -0.3 is 15.8 Å². The van der Waals surface area contributed by atoms with Gasteiger partial charge in [0.1, 0.15) is 5.75 Å². The molecule has 0 aromatic heterocycles. The molecule has 0 radical (unpaired) electrons. The van der Waals surface area contributed by atoms with Crippen LogP contribution in [0.4, 0.5) is 5.69 Å². The summed E-state index contributed by atoms with van der Waals surface area (Å²) in [4.78, 5) is 0. The first-order valence-electron chi connectivity index (χ1n) is 6.76. The average Bonchev–Trinajstić information content (AvgIpc) is 2.35. The summed E-state index contributed by atoms with van der Waals surface area (Å²) in [5, 5.41) is 3.43. The van der Waals surface area contributed by atoms with Crippen molar-refractivity contribution in [3.63, 3.8) is 0 Å². The van der Waals surface area contributed by atoms with Gasteiger partial charge >= 0.3 is 0 Å². The zero-order valence-corrected chi connectivity index (χ0v) is 11.8. The summed E-state index contributed by atoms with van der Waals surface area (Å²) in [6.45, 7) is 6.39. The van der Waals surface area contributed by atoms with Crippen LogP contribution in [-0.2, 0) is 6.54 Å². The van der Waals surface area contributed by atoms with Crippen molar-refractivity contribution in [1.29, 1.82) is 0 Å². The summed E-state index contributed by atoms with van der Waals surface area (Å²) >= 11 is 0. The fraction of sp³-hybridized carbons (Fsp3) is 0.600. The van der Waals surface area contributed by atoms with Crippen molar-refractivity contribution in [2.45, 2.75) is 39.7 Å². The van der Waals surface area contributed by atoms with E-state index in [1.54, 1.807) is 7.11 Å². The Bertz CT molecular complexity index is 350. The second-order valence-electron chi connectivity index (χ2n) is 5.13. The molecule has 102 valence electrons. The molecule has 0 atom stereocenters. The number of rotatable bonds is 8. The van der Waals surface area contributed by atoms with Crippen LogP contribution in [0.1, 0.15) is 38.7 Å². The maximum atomic E-state index is 5.93. The topological polar surface area (TPSA) is 47.3 Å². The van der Waals surface area contributed by atoms with Gasteiger partial charge in [0.15, 0.2) is 0 Å². The fourth-order valence-corrected chi connectivity index (χ4v) is 1.89. The van der Waals surface area contributed by atoms with Crippen LogP contribution in [0.15, 0.2) is 18.2 Å². The Morgan fingerprint density at radius 3 is 2.72 bits per heavy atom. The molecule has 1 aromatic rings. The van der Waals surface area contributed by atoms with Crippen molar-refractivity contribution < 1.29 is 4.74 Å². The van der Waals surface area contributed by atoms with Gasteiger partial charge in [-0.2, -0.15) is 0 Å². The number of hydrogen-bond acceptors (Lipinski definition) is 3. The van der Waals surface area contributed by atoms with E-state index in [0.29, 0.717) is 0 Å². The Hall–Kier alpha value is -1.22. The third kappa shape index (κ3) is 5.41. The molecule has 0 saturated heterocycles. The predicted octanol–water partition coefficient (Wildman–Crippen LogP) is 3.19. The minimum atomic E-state index is 0.805. The van der Waals surface area contributed by atoms with Gasteiger partial charge in [-0.05, 0) is 42.6 Å². The second-order valence-corrected chi connectivity index (χ2v) is 5.13.